The molecule has 0 bridgehead atoms. The molecule has 0 N–H and O–H groups in total. The SMILES string of the molecule is N#Cc1c(C2C3=C(C=CC(c4ccccc4)C3)c3ccc(-c4ccccc4)cc32)cc(-c2c(F)cc(F)cc2F)cc1C1c2cc(-c3ccccc3)ccc2-c2ccc(-c3ccccc3)cc21. The maximum absolute atomic E-state index is 16.4. The van der Waals surface area contributed by atoms with Crippen LogP contribution in [0.1, 0.15) is 68.7 Å². The van der Waals surface area contributed by atoms with Crippen LogP contribution in [0, 0.1) is 28.8 Å². The Morgan fingerprint density at radius 2 is 0.851 bits per heavy atom. The van der Waals surface area contributed by atoms with Crippen LogP contribution in [-0.2, 0) is 0 Å². The van der Waals surface area contributed by atoms with Gasteiger partial charge in [-0.3, -0.25) is 0 Å². The lowest BCUT2D eigenvalue weighted by molar-refractivity contribution is 0.548. The molecule has 3 aliphatic carbocycles. The zero-order valence-electron chi connectivity index (χ0n) is 36.2. The fourth-order valence-corrected chi connectivity index (χ4v) is 11.1. The maximum Gasteiger partial charge on any atom is 0.136 e. The number of hydrogen-bond donors (Lipinski definition) is 0. The highest BCUT2D eigenvalue weighted by molar-refractivity contribution is 5.91. The lowest BCUT2D eigenvalue weighted by Crippen LogP contribution is -2.12. The van der Waals surface area contributed by atoms with E-state index in [1.807, 2.05) is 60.7 Å². The van der Waals surface area contributed by atoms with Crippen molar-refractivity contribution in [2.75, 3.05) is 0 Å². The predicted molar refractivity (Wildman–Crippen MR) is 264 cm³/mol. The molecule has 0 saturated carbocycles. The van der Waals surface area contributed by atoms with Crippen molar-refractivity contribution in [1.82, 2.24) is 0 Å². The maximum atomic E-state index is 16.4. The largest absolute Gasteiger partial charge is 0.207 e. The van der Waals surface area contributed by atoms with Gasteiger partial charge in [0.25, 0.3) is 0 Å². The van der Waals surface area contributed by atoms with E-state index in [1.165, 1.54) is 5.56 Å². The molecule has 0 spiro atoms. The molecule has 318 valence electrons. The van der Waals surface area contributed by atoms with Crippen LogP contribution in [0.2, 0.25) is 0 Å². The van der Waals surface area contributed by atoms with Gasteiger partial charge in [0.15, 0.2) is 0 Å². The molecule has 9 aromatic rings. The molecule has 0 heterocycles. The highest BCUT2D eigenvalue weighted by Crippen LogP contribution is 2.57. The number of allylic oxidation sites excluding steroid dienone is 4. The van der Waals surface area contributed by atoms with Gasteiger partial charge in [0, 0.05) is 29.9 Å². The molecule has 0 aromatic heterocycles. The van der Waals surface area contributed by atoms with Gasteiger partial charge in [-0.15, -0.1) is 0 Å². The highest BCUT2D eigenvalue weighted by Gasteiger charge is 2.40. The first kappa shape index (κ1) is 40.3. The Morgan fingerprint density at radius 3 is 1.34 bits per heavy atom. The molecule has 12 rings (SSSR count). The van der Waals surface area contributed by atoms with E-state index < -0.39 is 29.3 Å². The number of nitrogens with zero attached hydrogens (tertiary/aromatic N) is 1. The van der Waals surface area contributed by atoms with Gasteiger partial charge in [-0.05, 0) is 137 Å². The summed E-state index contributed by atoms with van der Waals surface area (Å²) in [4.78, 5) is 0. The van der Waals surface area contributed by atoms with Gasteiger partial charge >= 0.3 is 0 Å². The Labute approximate surface area is 388 Å². The van der Waals surface area contributed by atoms with Gasteiger partial charge in [0.05, 0.1) is 17.2 Å². The van der Waals surface area contributed by atoms with E-state index in [1.54, 1.807) is 12.1 Å². The van der Waals surface area contributed by atoms with Crippen LogP contribution in [0.3, 0.4) is 0 Å². The topological polar surface area (TPSA) is 23.8 Å². The van der Waals surface area contributed by atoms with Gasteiger partial charge in [-0.2, -0.15) is 5.26 Å². The number of halogens is 3. The second-order valence-electron chi connectivity index (χ2n) is 17.8. The molecule has 4 heteroatoms. The van der Waals surface area contributed by atoms with Crippen molar-refractivity contribution in [2.24, 2.45) is 0 Å². The third-order valence-corrected chi connectivity index (χ3v) is 14.1. The molecule has 0 aliphatic heterocycles. The van der Waals surface area contributed by atoms with Gasteiger partial charge < -0.3 is 0 Å². The minimum Gasteiger partial charge on any atom is -0.207 e. The summed E-state index contributed by atoms with van der Waals surface area (Å²) in [6, 6.07) is 68.4. The minimum atomic E-state index is -1.01. The van der Waals surface area contributed by atoms with Gasteiger partial charge in [-0.1, -0.05) is 170 Å². The van der Waals surface area contributed by atoms with E-state index in [0.717, 1.165) is 90.0 Å². The highest BCUT2D eigenvalue weighted by atomic mass is 19.1. The van der Waals surface area contributed by atoms with Crippen LogP contribution in [0.15, 0.2) is 218 Å². The Bertz CT molecular complexity index is 3420. The molecule has 67 heavy (non-hydrogen) atoms. The molecule has 0 fully saturated rings. The van der Waals surface area contributed by atoms with Gasteiger partial charge in [-0.25, -0.2) is 13.2 Å². The Morgan fingerprint density at radius 1 is 0.418 bits per heavy atom. The number of rotatable bonds is 7. The Hall–Kier alpha value is -8.26. The average molecular weight is 868 g/mol. The summed E-state index contributed by atoms with van der Waals surface area (Å²) < 4.78 is 47.5. The number of benzene rings is 9. The summed E-state index contributed by atoms with van der Waals surface area (Å²) in [5.41, 5.74) is 17.4. The molecule has 0 radical (unpaired) electrons. The van der Waals surface area contributed by atoms with E-state index in [2.05, 4.69) is 133 Å². The zero-order chi connectivity index (χ0) is 45.2. The fourth-order valence-electron chi connectivity index (χ4n) is 11.1. The first-order valence-electron chi connectivity index (χ1n) is 22.7. The number of fused-ring (bicyclic) bond motifs is 5. The number of nitriles is 1. The van der Waals surface area contributed by atoms with Crippen molar-refractivity contribution >= 4 is 5.57 Å². The van der Waals surface area contributed by atoms with Crippen LogP contribution in [0.25, 0.3) is 61.2 Å². The van der Waals surface area contributed by atoms with Crippen LogP contribution in [0.4, 0.5) is 13.2 Å². The molecule has 0 amide bonds. The average Bonchev–Trinajstić information content (AvgIpc) is 3.87. The minimum absolute atomic E-state index is 0.0620. The smallest absolute Gasteiger partial charge is 0.136 e. The summed E-state index contributed by atoms with van der Waals surface area (Å²) in [6.07, 6.45) is 5.16. The Balaban J connectivity index is 1.15. The van der Waals surface area contributed by atoms with Crippen LogP contribution >= 0.6 is 0 Å². The molecular formula is C63H40F3N. The molecule has 1 nitrogen and oxygen atoms in total. The van der Waals surface area contributed by atoms with Crippen LogP contribution in [-0.4, -0.2) is 0 Å². The summed E-state index contributed by atoms with van der Waals surface area (Å²) in [5, 5.41) is 11.8. The fraction of sp³-hybridized carbons (Fsp3) is 0.0635. The molecule has 2 atom stereocenters. The van der Waals surface area contributed by atoms with E-state index in [4.69, 9.17) is 0 Å². The normalized spacial score (nSPS) is 15.7. The third kappa shape index (κ3) is 6.86. The summed E-state index contributed by atoms with van der Waals surface area (Å²) in [6.45, 7) is 0. The van der Waals surface area contributed by atoms with Crippen molar-refractivity contribution in [3.8, 4) is 61.7 Å². The monoisotopic (exact) mass is 867 g/mol. The van der Waals surface area contributed by atoms with Gasteiger partial charge in [0.2, 0.25) is 0 Å². The second-order valence-corrected chi connectivity index (χ2v) is 17.8. The zero-order valence-corrected chi connectivity index (χ0v) is 36.2. The van der Waals surface area contributed by atoms with E-state index in [-0.39, 0.29) is 17.0 Å². The summed E-state index contributed by atoms with van der Waals surface area (Å²) in [7, 11) is 0. The quantitative estimate of drug-likeness (QED) is 0.157. The Kier molecular flexibility index (Phi) is 9.81. The van der Waals surface area contributed by atoms with E-state index in [0.29, 0.717) is 23.1 Å². The van der Waals surface area contributed by atoms with Crippen LogP contribution < -0.4 is 0 Å². The van der Waals surface area contributed by atoms with Crippen LogP contribution in [0.5, 0.6) is 0 Å². The first-order valence-corrected chi connectivity index (χ1v) is 22.7. The van der Waals surface area contributed by atoms with Crippen molar-refractivity contribution in [2.45, 2.75) is 24.2 Å². The third-order valence-electron chi connectivity index (χ3n) is 14.1. The van der Waals surface area contributed by atoms with Crippen molar-refractivity contribution < 1.29 is 13.2 Å². The van der Waals surface area contributed by atoms with Crippen molar-refractivity contribution in [3.63, 3.8) is 0 Å². The van der Waals surface area contributed by atoms with E-state index in [9.17, 15) is 9.65 Å². The molecule has 3 aliphatic rings. The predicted octanol–water partition coefficient (Wildman–Crippen LogP) is 16.4. The summed E-state index contributed by atoms with van der Waals surface area (Å²) >= 11 is 0. The number of hydrogen-bond acceptors (Lipinski definition) is 1. The van der Waals surface area contributed by atoms with Crippen molar-refractivity contribution in [1.29, 1.82) is 5.26 Å². The lowest BCUT2D eigenvalue weighted by Gasteiger charge is -2.27. The van der Waals surface area contributed by atoms with Gasteiger partial charge in [0.1, 0.15) is 17.5 Å². The molecule has 0 saturated heterocycles. The molecule has 2 unspecified atom stereocenters. The first-order chi connectivity index (χ1) is 32.9. The second kappa shape index (κ2) is 16.3. The van der Waals surface area contributed by atoms with E-state index >= 15 is 8.78 Å². The van der Waals surface area contributed by atoms with Crippen molar-refractivity contribution in [3.05, 3.63) is 280 Å². The standard InChI is InChI=1S/C63H40F3N/c64-47-35-59(65)61(60(66)36-47)46-33-56(62-52-29-42(38-13-5-1-6-14-38)21-25-48(52)49-26-22-43(30-53(49)62)39-15-7-2-8-16-39)58(37-67)57(34-46)63-54-31-44(40-17-9-3-10-18-40)23-27-50(54)51-28-24-45(32-55(51)63)41-19-11-4-12-20-41/h1-31,33-36,45,62-63H,32H2. The molecule has 9 aromatic carbocycles. The lowest BCUT2D eigenvalue weighted by atomic mass is 9.75. The molecular weight excluding hydrogens is 828 g/mol. The summed E-state index contributed by atoms with van der Waals surface area (Å²) in [5.74, 6) is -3.91.